The van der Waals surface area contributed by atoms with Crippen molar-refractivity contribution in [1.29, 1.82) is 0 Å². The molecule has 0 saturated carbocycles. The smallest absolute Gasteiger partial charge is 0.357 e. The largest absolute Gasteiger partial charge is 0.418 e. The quantitative estimate of drug-likeness (QED) is 0.661. The minimum absolute atomic E-state index is 0.0392. The highest BCUT2D eigenvalue weighted by atomic mass is 19.4. The zero-order valence-corrected chi connectivity index (χ0v) is 15.8. The van der Waals surface area contributed by atoms with Gasteiger partial charge in [0.2, 0.25) is 17.8 Å². The molecule has 2 heterocycles. The molecular weight excluding hydrogens is 371 g/mol. The van der Waals surface area contributed by atoms with Gasteiger partial charge >= 0.3 is 6.18 Å². The lowest BCUT2D eigenvalue weighted by molar-refractivity contribution is -0.136. The Morgan fingerprint density at radius 3 is 2.54 bits per heavy atom. The highest BCUT2D eigenvalue weighted by Crippen LogP contribution is 2.35. The SMILES string of the molecule is CCN1CCCC1CNc1nc(NC)nc(Nc2ccccc2C(F)(F)F)n1. The van der Waals surface area contributed by atoms with E-state index in [0.717, 1.165) is 32.0 Å². The molecule has 152 valence electrons. The molecule has 10 heteroatoms. The van der Waals surface area contributed by atoms with Gasteiger partial charge in [-0.1, -0.05) is 19.1 Å². The number of nitrogens with one attached hydrogen (secondary N) is 3. The van der Waals surface area contributed by atoms with Crippen LogP contribution in [0.1, 0.15) is 25.3 Å². The number of anilines is 4. The van der Waals surface area contributed by atoms with E-state index in [1.807, 2.05) is 0 Å². The van der Waals surface area contributed by atoms with Gasteiger partial charge in [0.25, 0.3) is 0 Å². The second kappa shape index (κ2) is 8.59. The van der Waals surface area contributed by atoms with Crippen molar-refractivity contribution in [2.45, 2.75) is 32.0 Å². The summed E-state index contributed by atoms with van der Waals surface area (Å²) in [6.07, 6.45) is -2.23. The number of para-hydroxylation sites is 1. The van der Waals surface area contributed by atoms with Crippen LogP contribution in [0.2, 0.25) is 0 Å². The van der Waals surface area contributed by atoms with Crippen LogP contribution in [0, 0.1) is 0 Å². The van der Waals surface area contributed by atoms with Gasteiger partial charge in [-0.05, 0) is 38.1 Å². The summed E-state index contributed by atoms with van der Waals surface area (Å²) < 4.78 is 39.7. The number of rotatable bonds is 7. The lowest BCUT2D eigenvalue weighted by Crippen LogP contribution is -2.35. The average Bonchev–Trinajstić information content (AvgIpc) is 3.13. The first-order valence-corrected chi connectivity index (χ1v) is 9.25. The molecule has 3 N–H and O–H groups in total. The Kier molecular flexibility index (Phi) is 6.18. The van der Waals surface area contributed by atoms with Crippen molar-refractivity contribution in [3.63, 3.8) is 0 Å². The minimum Gasteiger partial charge on any atom is -0.357 e. The van der Waals surface area contributed by atoms with Gasteiger partial charge in [0.05, 0.1) is 11.3 Å². The lowest BCUT2D eigenvalue weighted by Gasteiger charge is -2.23. The molecular formula is C18H24F3N7. The number of likely N-dealkylation sites (tertiary alicyclic amines) is 1. The number of alkyl halides is 3. The van der Waals surface area contributed by atoms with Gasteiger partial charge in [0.1, 0.15) is 0 Å². The summed E-state index contributed by atoms with van der Waals surface area (Å²) in [4.78, 5) is 15.0. The van der Waals surface area contributed by atoms with Gasteiger partial charge in [-0.2, -0.15) is 28.1 Å². The third-order valence-electron chi connectivity index (χ3n) is 4.74. The Balaban J connectivity index is 1.78. The fourth-order valence-electron chi connectivity index (χ4n) is 3.33. The molecule has 28 heavy (non-hydrogen) atoms. The Labute approximate surface area is 161 Å². The monoisotopic (exact) mass is 395 g/mol. The average molecular weight is 395 g/mol. The molecule has 0 bridgehead atoms. The Morgan fingerprint density at radius 1 is 1.11 bits per heavy atom. The Hall–Kier alpha value is -2.62. The number of hydrogen-bond acceptors (Lipinski definition) is 7. The van der Waals surface area contributed by atoms with Crippen molar-refractivity contribution in [2.75, 3.05) is 42.6 Å². The highest BCUT2D eigenvalue weighted by molar-refractivity contribution is 5.60. The van der Waals surface area contributed by atoms with Crippen molar-refractivity contribution >= 4 is 23.5 Å². The molecule has 0 amide bonds. The molecule has 1 aromatic carbocycles. The van der Waals surface area contributed by atoms with Crippen LogP contribution in [0.5, 0.6) is 0 Å². The standard InChI is InChI=1S/C18H24F3N7/c1-3-28-10-6-7-12(28)11-23-16-25-15(22-2)26-17(27-16)24-14-9-5-4-8-13(14)18(19,20)21/h4-5,8-9,12H,3,6-7,10-11H2,1-2H3,(H3,22,23,24,25,26,27). The minimum atomic E-state index is -4.48. The molecule has 1 aliphatic rings. The summed E-state index contributed by atoms with van der Waals surface area (Å²) >= 11 is 0. The number of hydrogen-bond donors (Lipinski definition) is 3. The lowest BCUT2D eigenvalue weighted by atomic mass is 10.1. The van der Waals surface area contributed by atoms with Gasteiger partial charge in [-0.25, -0.2) is 0 Å². The molecule has 2 aromatic rings. The van der Waals surface area contributed by atoms with Crippen molar-refractivity contribution < 1.29 is 13.2 Å². The maximum Gasteiger partial charge on any atom is 0.418 e. The highest BCUT2D eigenvalue weighted by Gasteiger charge is 2.33. The molecule has 1 saturated heterocycles. The van der Waals surface area contributed by atoms with Crippen LogP contribution in [0.15, 0.2) is 24.3 Å². The number of nitrogens with zero attached hydrogens (tertiary/aromatic N) is 4. The Bertz CT molecular complexity index is 797. The van der Waals surface area contributed by atoms with E-state index in [4.69, 9.17) is 0 Å². The first kappa shape index (κ1) is 20.1. The van der Waals surface area contributed by atoms with E-state index in [9.17, 15) is 13.2 Å². The molecule has 1 unspecified atom stereocenters. The van der Waals surface area contributed by atoms with Crippen molar-refractivity contribution in [2.24, 2.45) is 0 Å². The summed E-state index contributed by atoms with van der Waals surface area (Å²) in [6, 6.07) is 5.62. The zero-order chi connectivity index (χ0) is 20.1. The van der Waals surface area contributed by atoms with Crippen LogP contribution < -0.4 is 16.0 Å². The molecule has 1 fully saturated rings. The van der Waals surface area contributed by atoms with Gasteiger partial charge in [-0.3, -0.25) is 4.90 Å². The van der Waals surface area contributed by atoms with Crippen molar-refractivity contribution in [3.05, 3.63) is 29.8 Å². The van der Waals surface area contributed by atoms with Gasteiger partial charge in [0, 0.05) is 19.6 Å². The fraction of sp³-hybridized carbons (Fsp3) is 0.500. The molecule has 0 aliphatic carbocycles. The number of benzene rings is 1. The van der Waals surface area contributed by atoms with E-state index in [0.29, 0.717) is 18.5 Å². The molecule has 7 nitrogen and oxygen atoms in total. The van der Waals surface area contributed by atoms with Crippen LogP contribution in [0.25, 0.3) is 0 Å². The third-order valence-corrected chi connectivity index (χ3v) is 4.74. The van der Waals surface area contributed by atoms with E-state index in [1.54, 1.807) is 7.05 Å². The predicted molar refractivity (Wildman–Crippen MR) is 103 cm³/mol. The summed E-state index contributed by atoms with van der Waals surface area (Å²) in [5.41, 5.74) is -0.886. The van der Waals surface area contributed by atoms with Crippen LogP contribution >= 0.6 is 0 Å². The third kappa shape index (κ3) is 4.80. The van der Waals surface area contributed by atoms with E-state index >= 15 is 0 Å². The molecule has 1 atom stereocenters. The molecule has 3 rings (SSSR count). The van der Waals surface area contributed by atoms with E-state index < -0.39 is 11.7 Å². The predicted octanol–water partition coefficient (Wildman–Crippen LogP) is 3.57. The fourth-order valence-corrected chi connectivity index (χ4v) is 3.33. The van der Waals surface area contributed by atoms with Gasteiger partial charge in [-0.15, -0.1) is 0 Å². The maximum absolute atomic E-state index is 13.2. The number of likely N-dealkylation sites (N-methyl/N-ethyl adjacent to an activating group) is 1. The van der Waals surface area contributed by atoms with Crippen LogP contribution in [-0.4, -0.2) is 52.6 Å². The van der Waals surface area contributed by atoms with Crippen LogP contribution in [0.3, 0.4) is 0 Å². The number of halogens is 3. The molecule has 0 radical (unpaired) electrons. The first-order chi connectivity index (χ1) is 13.4. The second-order valence-electron chi connectivity index (χ2n) is 6.53. The molecule has 0 spiro atoms. The van der Waals surface area contributed by atoms with Crippen molar-refractivity contribution in [1.82, 2.24) is 19.9 Å². The first-order valence-electron chi connectivity index (χ1n) is 9.25. The van der Waals surface area contributed by atoms with E-state index in [1.165, 1.54) is 18.2 Å². The van der Waals surface area contributed by atoms with Gasteiger partial charge in [0.15, 0.2) is 0 Å². The summed E-state index contributed by atoms with van der Waals surface area (Å²) in [7, 11) is 1.64. The maximum atomic E-state index is 13.2. The summed E-state index contributed by atoms with van der Waals surface area (Å²) in [5, 5.41) is 8.67. The zero-order valence-electron chi connectivity index (χ0n) is 15.8. The molecule has 1 aliphatic heterocycles. The number of aromatic nitrogens is 3. The van der Waals surface area contributed by atoms with Gasteiger partial charge < -0.3 is 16.0 Å². The van der Waals surface area contributed by atoms with E-state index in [-0.39, 0.29) is 17.6 Å². The van der Waals surface area contributed by atoms with Crippen molar-refractivity contribution in [3.8, 4) is 0 Å². The summed E-state index contributed by atoms with van der Waals surface area (Å²) in [5.74, 6) is 0.620. The van der Waals surface area contributed by atoms with Crippen LogP contribution in [0.4, 0.5) is 36.7 Å². The Morgan fingerprint density at radius 2 is 1.82 bits per heavy atom. The summed E-state index contributed by atoms with van der Waals surface area (Å²) in [6.45, 7) is 4.84. The molecule has 1 aromatic heterocycles. The normalized spacial score (nSPS) is 17.5. The second-order valence-corrected chi connectivity index (χ2v) is 6.53. The topological polar surface area (TPSA) is 78.0 Å². The van der Waals surface area contributed by atoms with Crippen LogP contribution in [-0.2, 0) is 6.18 Å². The van der Waals surface area contributed by atoms with E-state index in [2.05, 4.69) is 42.7 Å².